The predicted molar refractivity (Wildman–Crippen MR) is 55.4 cm³/mol. The smallest absolute Gasteiger partial charge is 0.211 e. The average molecular weight is 240 g/mol. The molecule has 1 atom stereocenters. The first-order valence-corrected chi connectivity index (χ1v) is 4.77. The molecule has 0 aliphatic heterocycles. The number of rotatable bonds is 2. The number of halogens is 1. The maximum absolute atomic E-state index is 10.1. The fourth-order valence-electron chi connectivity index (χ4n) is 1.21. The molecule has 0 bridgehead atoms. The van der Waals surface area contributed by atoms with Gasteiger partial charge < -0.3 is 0 Å². The van der Waals surface area contributed by atoms with Crippen LogP contribution in [0.25, 0.3) is 0 Å². The number of isocyanates is 1. The van der Waals surface area contributed by atoms with Crippen molar-refractivity contribution >= 4 is 22.0 Å². The number of nitrogens with zero attached hydrogens (tertiary/aromatic N) is 1. The Labute approximate surface area is 85.8 Å². The van der Waals surface area contributed by atoms with Gasteiger partial charge in [0.1, 0.15) is 0 Å². The molecule has 1 unspecified atom stereocenters. The summed E-state index contributed by atoms with van der Waals surface area (Å²) in [6.45, 7) is 3.87. The quantitative estimate of drug-likeness (QED) is 0.576. The molecule has 0 N–H and O–H groups in total. The molecule has 0 radical (unpaired) electrons. The van der Waals surface area contributed by atoms with Crippen LogP contribution in [-0.2, 0) is 4.79 Å². The first-order valence-electron chi connectivity index (χ1n) is 3.98. The lowest BCUT2D eigenvalue weighted by Gasteiger charge is -2.08. The molecule has 0 amide bonds. The van der Waals surface area contributed by atoms with Crippen molar-refractivity contribution in [3.05, 3.63) is 33.8 Å². The SMILES string of the molecule is Cc1ccc(Br)cc1C(C)N=C=O. The van der Waals surface area contributed by atoms with Crippen LogP contribution in [-0.4, -0.2) is 6.08 Å². The lowest BCUT2D eigenvalue weighted by atomic mass is 10.0. The Morgan fingerprint density at radius 2 is 2.23 bits per heavy atom. The van der Waals surface area contributed by atoms with Gasteiger partial charge in [-0.25, -0.2) is 4.79 Å². The van der Waals surface area contributed by atoms with Gasteiger partial charge in [0.25, 0.3) is 0 Å². The van der Waals surface area contributed by atoms with Gasteiger partial charge in [-0.05, 0) is 37.1 Å². The largest absolute Gasteiger partial charge is 0.235 e. The van der Waals surface area contributed by atoms with Crippen LogP contribution in [0.1, 0.15) is 24.1 Å². The van der Waals surface area contributed by atoms with E-state index in [1.807, 2.05) is 32.0 Å². The van der Waals surface area contributed by atoms with Crippen molar-refractivity contribution in [2.75, 3.05) is 0 Å². The second-order valence-corrected chi connectivity index (χ2v) is 3.81. The molecular formula is C10H10BrNO. The standard InChI is InChI=1S/C10H10BrNO/c1-7-3-4-9(11)5-10(7)8(2)12-6-13/h3-5,8H,1-2H3. The molecule has 0 aliphatic rings. The molecule has 0 saturated carbocycles. The van der Waals surface area contributed by atoms with E-state index in [0.717, 1.165) is 15.6 Å². The van der Waals surface area contributed by atoms with Gasteiger partial charge in [-0.3, -0.25) is 0 Å². The number of aryl methyl sites for hydroxylation is 1. The zero-order valence-corrected chi connectivity index (χ0v) is 9.13. The summed E-state index contributed by atoms with van der Waals surface area (Å²) in [6, 6.07) is 5.82. The topological polar surface area (TPSA) is 29.4 Å². The summed E-state index contributed by atoms with van der Waals surface area (Å²) in [6.07, 6.45) is 1.57. The van der Waals surface area contributed by atoms with Crippen molar-refractivity contribution in [3.63, 3.8) is 0 Å². The van der Waals surface area contributed by atoms with E-state index in [2.05, 4.69) is 20.9 Å². The van der Waals surface area contributed by atoms with Crippen LogP contribution in [0.3, 0.4) is 0 Å². The van der Waals surface area contributed by atoms with Crippen molar-refractivity contribution < 1.29 is 4.79 Å². The van der Waals surface area contributed by atoms with Gasteiger partial charge in [0.15, 0.2) is 0 Å². The monoisotopic (exact) mass is 239 g/mol. The van der Waals surface area contributed by atoms with Crippen LogP contribution in [0, 0.1) is 6.92 Å². The van der Waals surface area contributed by atoms with Gasteiger partial charge in [0, 0.05) is 4.47 Å². The lowest BCUT2D eigenvalue weighted by Crippen LogP contribution is -1.92. The van der Waals surface area contributed by atoms with Gasteiger partial charge in [-0.15, -0.1) is 0 Å². The van der Waals surface area contributed by atoms with E-state index in [1.165, 1.54) is 0 Å². The Balaban J connectivity index is 3.12. The van der Waals surface area contributed by atoms with E-state index in [4.69, 9.17) is 0 Å². The summed E-state index contributed by atoms with van der Waals surface area (Å²) in [7, 11) is 0. The van der Waals surface area contributed by atoms with Crippen LogP contribution >= 0.6 is 15.9 Å². The molecule has 2 nitrogen and oxygen atoms in total. The summed E-state index contributed by atoms with van der Waals surface area (Å²) < 4.78 is 1.00. The molecular weight excluding hydrogens is 230 g/mol. The highest BCUT2D eigenvalue weighted by Gasteiger charge is 2.06. The summed E-state index contributed by atoms with van der Waals surface area (Å²) in [4.78, 5) is 13.8. The molecule has 0 aliphatic carbocycles. The predicted octanol–water partition coefficient (Wildman–Crippen LogP) is 3.15. The molecule has 13 heavy (non-hydrogen) atoms. The van der Waals surface area contributed by atoms with Gasteiger partial charge in [0.2, 0.25) is 6.08 Å². The van der Waals surface area contributed by atoms with E-state index in [-0.39, 0.29) is 6.04 Å². The molecule has 3 heteroatoms. The van der Waals surface area contributed by atoms with E-state index in [0.29, 0.717) is 0 Å². The third kappa shape index (κ3) is 2.51. The van der Waals surface area contributed by atoms with Crippen LogP contribution in [0.2, 0.25) is 0 Å². The fraction of sp³-hybridized carbons (Fsp3) is 0.300. The molecule has 0 spiro atoms. The molecule has 0 heterocycles. The molecule has 0 fully saturated rings. The summed E-state index contributed by atoms with van der Waals surface area (Å²) in [5, 5.41) is 0. The van der Waals surface area contributed by atoms with Crippen LogP contribution < -0.4 is 0 Å². The number of carbonyl (C=O) groups excluding carboxylic acids is 1. The van der Waals surface area contributed by atoms with Gasteiger partial charge in [0.05, 0.1) is 6.04 Å². The Morgan fingerprint density at radius 3 is 2.85 bits per heavy atom. The summed E-state index contributed by atoms with van der Waals surface area (Å²) >= 11 is 3.38. The fourth-order valence-corrected chi connectivity index (χ4v) is 1.59. The Kier molecular flexibility index (Phi) is 3.40. The van der Waals surface area contributed by atoms with Crippen molar-refractivity contribution in [2.24, 2.45) is 4.99 Å². The third-order valence-corrected chi connectivity index (χ3v) is 2.43. The lowest BCUT2D eigenvalue weighted by molar-refractivity contribution is 0.559. The Bertz CT molecular complexity index is 356. The second-order valence-electron chi connectivity index (χ2n) is 2.90. The second kappa shape index (κ2) is 4.35. The maximum Gasteiger partial charge on any atom is 0.235 e. The van der Waals surface area contributed by atoms with Gasteiger partial charge in [-0.1, -0.05) is 22.0 Å². The van der Waals surface area contributed by atoms with Crippen LogP contribution in [0.4, 0.5) is 0 Å². The highest BCUT2D eigenvalue weighted by atomic mass is 79.9. The van der Waals surface area contributed by atoms with Gasteiger partial charge in [-0.2, -0.15) is 4.99 Å². The van der Waals surface area contributed by atoms with Crippen molar-refractivity contribution in [1.29, 1.82) is 0 Å². The summed E-state index contributed by atoms with van der Waals surface area (Å²) in [5.74, 6) is 0. The summed E-state index contributed by atoms with van der Waals surface area (Å²) in [5.41, 5.74) is 2.19. The molecule has 0 aromatic heterocycles. The zero-order valence-electron chi connectivity index (χ0n) is 7.54. The first kappa shape index (κ1) is 10.2. The minimum absolute atomic E-state index is 0.116. The number of aliphatic imine (C=N–C) groups is 1. The minimum Gasteiger partial charge on any atom is -0.211 e. The van der Waals surface area contributed by atoms with Crippen LogP contribution in [0.15, 0.2) is 27.7 Å². The van der Waals surface area contributed by atoms with E-state index >= 15 is 0 Å². The molecule has 0 saturated heterocycles. The number of benzene rings is 1. The van der Waals surface area contributed by atoms with Crippen molar-refractivity contribution in [2.45, 2.75) is 19.9 Å². The average Bonchev–Trinajstić information content (AvgIpc) is 2.09. The number of hydrogen-bond donors (Lipinski definition) is 0. The van der Waals surface area contributed by atoms with E-state index in [9.17, 15) is 4.79 Å². The highest BCUT2D eigenvalue weighted by molar-refractivity contribution is 9.10. The molecule has 1 rings (SSSR count). The van der Waals surface area contributed by atoms with Gasteiger partial charge >= 0.3 is 0 Å². The zero-order chi connectivity index (χ0) is 9.84. The van der Waals surface area contributed by atoms with Crippen LogP contribution in [0.5, 0.6) is 0 Å². The number of hydrogen-bond acceptors (Lipinski definition) is 2. The molecule has 1 aromatic carbocycles. The normalized spacial score (nSPS) is 11.9. The first-order chi connectivity index (χ1) is 6.15. The molecule has 68 valence electrons. The Hall–Kier alpha value is -0.920. The Morgan fingerprint density at radius 1 is 1.54 bits per heavy atom. The maximum atomic E-state index is 10.1. The van der Waals surface area contributed by atoms with Crippen molar-refractivity contribution in [1.82, 2.24) is 0 Å². The van der Waals surface area contributed by atoms with E-state index < -0.39 is 0 Å². The van der Waals surface area contributed by atoms with Crippen molar-refractivity contribution in [3.8, 4) is 0 Å². The minimum atomic E-state index is -0.116. The highest BCUT2D eigenvalue weighted by Crippen LogP contribution is 2.23. The third-order valence-electron chi connectivity index (χ3n) is 1.94. The molecule has 1 aromatic rings. The van der Waals surface area contributed by atoms with E-state index in [1.54, 1.807) is 6.08 Å².